The molecule has 1 amide bonds. The molecule has 3 heterocycles. The van der Waals surface area contributed by atoms with Crippen molar-refractivity contribution in [3.05, 3.63) is 29.0 Å². The van der Waals surface area contributed by atoms with Gasteiger partial charge in [0, 0.05) is 56.9 Å². The molecule has 1 aliphatic rings. The first-order chi connectivity index (χ1) is 13.0. The van der Waals surface area contributed by atoms with Gasteiger partial charge in [0.1, 0.15) is 0 Å². The predicted molar refractivity (Wildman–Crippen MR) is 108 cm³/mol. The molecule has 1 aliphatic heterocycles. The summed E-state index contributed by atoms with van der Waals surface area (Å²) in [7, 11) is 3.84. The highest BCUT2D eigenvalue weighted by Gasteiger charge is 2.18. The predicted octanol–water partition coefficient (Wildman–Crippen LogP) is 2.22. The molecule has 0 radical (unpaired) electrons. The monoisotopic (exact) mass is 384 g/mol. The summed E-state index contributed by atoms with van der Waals surface area (Å²) >= 11 is 1.54. The van der Waals surface area contributed by atoms with E-state index in [0.29, 0.717) is 17.0 Å². The molecule has 0 aromatic carbocycles. The standard InChI is InChI=1S/C19H24N6OS/c1-14(26)23-19-22-12-17(27-19)13-25-8-6-15(7-9-25)4-5-16-10-20-18(21-11-16)24(2)3/h10-12,15H,6-9,13H2,1-3H3,(H,22,23,26). The summed E-state index contributed by atoms with van der Waals surface area (Å²) in [5, 5.41) is 3.40. The first-order valence-electron chi connectivity index (χ1n) is 8.95. The number of piperidine rings is 1. The van der Waals surface area contributed by atoms with Crippen LogP contribution in [0.4, 0.5) is 11.1 Å². The lowest BCUT2D eigenvalue weighted by Gasteiger charge is -2.29. The van der Waals surface area contributed by atoms with Crippen LogP contribution in [0.5, 0.6) is 0 Å². The van der Waals surface area contributed by atoms with Crippen LogP contribution < -0.4 is 10.2 Å². The Kier molecular flexibility index (Phi) is 6.37. The first kappa shape index (κ1) is 19.3. The maximum Gasteiger partial charge on any atom is 0.224 e. The molecular weight excluding hydrogens is 360 g/mol. The molecule has 2 aromatic heterocycles. The van der Waals surface area contributed by atoms with Crippen molar-refractivity contribution in [2.24, 2.45) is 5.92 Å². The van der Waals surface area contributed by atoms with Crippen LogP contribution in [0.15, 0.2) is 18.6 Å². The molecule has 1 saturated heterocycles. The van der Waals surface area contributed by atoms with Crippen LogP contribution in [0.25, 0.3) is 0 Å². The molecule has 142 valence electrons. The van der Waals surface area contributed by atoms with Gasteiger partial charge in [0.25, 0.3) is 0 Å². The van der Waals surface area contributed by atoms with E-state index in [4.69, 9.17) is 0 Å². The van der Waals surface area contributed by atoms with Gasteiger partial charge in [-0.2, -0.15) is 0 Å². The summed E-state index contributed by atoms with van der Waals surface area (Å²) in [6.45, 7) is 4.40. The van der Waals surface area contributed by atoms with E-state index in [1.807, 2.05) is 25.2 Å². The summed E-state index contributed by atoms with van der Waals surface area (Å²) < 4.78 is 0. The third-order valence-electron chi connectivity index (χ3n) is 4.26. The summed E-state index contributed by atoms with van der Waals surface area (Å²) in [5.41, 5.74) is 0.859. The van der Waals surface area contributed by atoms with Crippen LogP contribution in [0.1, 0.15) is 30.2 Å². The topological polar surface area (TPSA) is 74.2 Å². The van der Waals surface area contributed by atoms with Crippen molar-refractivity contribution in [2.75, 3.05) is 37.4 Å². The molecule has 0 unspecified atom stereocenters. The van der Waals surface area contributed by atoms with E-state index in [1.54, 1.807) is 12.4 Å². The van der Waals surface area contributed by atoms with Crippen molar-refractivity contribution < 1.29 is 4.79 Å². The molecule has 0 spiro atoms. The third kappa shape index (κ3) is 5.74. The Labute approximate surface area is 163 Å². The first-order valence-corrected chi connectivity index (χ1v) is 9.77. The number of hydrogen-bond donors (Lipinski definition) is 1. The second-order valence-corrected chi connectivity index (χ2v) is 7.91. The molecule has 0 atom stereocenters. The highest BCUT2D eigenvalue weighted by atomic mass is 32.1. The van der Waals surface area contributed by atoms with Crippen molar-refractivity contribution in [2.45, 2.75) is 26.3 Å². The van der Waals surface area contributed by atoms with Gasteiger partial charge in [-0.15, -0.1) is 11.3 Å². The minimum Gasteiger partial charge on any atom is -0.347 e. The zero-order valence-corrected chi connectivity index (χ0v) is 16.7. The Morgan fingerprint density at radius 3 is 2.59 bits per heavy atom. The smallest absolute Gasteiger partial charge is 0.224 e. The molecule has 2 aromatic rings. The number of rotatable bonds is 4. The van der Waals surface area contributed by atoms with Gasteiger partial charge in [0.05, 0.1) is 5.56 Å². The van der Waals surface area contributed by atoms with Crippen molar-refractivity contribution in [3.8, 4) is 11.8 Å². The van der Waals surface area contributed by atoms with E-state index in [1.165, 1.54) is 23.1 Å². The van der Waals surface area contributed by atoms with E-state index in [-0.39, 0.29) is 5.91 Å². The van der Waals surface area contributed by atoms with E-state index in [0.717, 1.165) is 38.0 Å². The Bertz CT molecular complexity index is 828. The van der Waals surface area contributed by atoms with E-state index in [9.17, 15) is 4.79 Å². The van der Waals surface area contributed by atoms with Crippen LogP contribution in [-0.4, -0.2) is 52.9 Å². The number of nitrogens with zero attached hydrogens (tertiary/aromatic N) is 5. The lowest BCUT2D eigenvalue weighted by Crippen LogP contribution is -2.32. The Morgan fingerprint density at radius 2 is 1.96 bits per heavy atom. The van der Waals surface area contributed by atoms with Crippen LogP contribution in [0, 0.1) is 17.8 Å². The Hall–Kier alpha value is -2.50. The van der Waals surface area contributed by atoms with Gasteiger partial charge in [-0.05, 0) is 25.9 Å². The van der Waals surface area contributed by atoms with Gasteiger partial charge in [0.2, 0.25) is 11.9 Å². The largest absolute Gasteiger partial charge is 0.347 e. The fraction of sp³-hybridized carbons (Fsp3) is 0.474. The Morgan fingerprint density at radius 1 is 1.26 bits per heavy atom. The number of carbonyl (C=O) groups excluding carboxylic acids is 1. The number of amides is 1. The molecule has 27 heavy (non-hydrogen) atoms. The average Bonchev–Trinajstić information content (AvgIpc) is 3.07. The Balaban J connectivity index is 1.48. The number of anilines is 2. The highest BCUT2D eigenvalue weighted by Crippen LogP contribution is 2.23. The summed E-state index contributed by atoms with van der Waals surface area (Å²) in [4.78, 5) is 29.4. The lowest BCUT2D eigenvalue weighted by atomic mass is 9.97. The van der Waals surface area contributed by atoms with Gasteiger partial charge in [-0.3, -0.25) is 9.69 Å². The van der Waals surface area contributed by atoms with Crippen molar-refractivity contribution in [3.63, 3.8) is 0 Å². The number of aromatic nitrogens is 3. The average molecular weight is 385 g/mol. The third-order valence-corrected chi connectivity index (χ3v) is 5.16. The molecule has 7 nitrogen and oxygen atoms in total. The summed E-state index contributed by atoms with van der Waals surface area (Å²) in [6, 6.07) is 0. The van der Waals surface area contributed by atoms with Gasteiger partial charge in [-0.25, -0.2) is 15.0 Å². The van der Waals surface area contributed by atoms with Gasteiger partial charge < -0.3 is 10.2 Å². The fourth-order valence-electron chi connectivity index (χ4n) is 2.85. The maximum atomic E-state index is 11.1. The normalized spacial score (nSPS) is 15.1. The second-order valence-electron chi connectivity index (χ2n) is 6.80. The number of thiazole rings is 1. The number of likely N-dealkylation sites (tertiary alicyclic amines) is 1. The number of nitrogens with one attached hydrogen (secondary N) is 1. The number of hydrogen-bond acceptors (Lipinski definition) is 7. The maximum absolute atomic E-state index is 11.1. The van der Waals surface area contributed by atoms with Crippen LogP contribution >= 0.6 is 11.3 Å². The van der Waals surface area contributed by atoms with Crippen LogP contribution in [0.3, 0.4) is 0 Å². The van der Waals surface area contributed by atoms with Gasteiger partial charge in [0.15, 0.2) is 5.13 Å². The molecular formula is C19H24N6OS. The summed E-state index contributed by atoms with van der Waals surface area (Å²) in [5.74, 6) is 7.59. The van der Waals surface area contributed by atoms with E-state index < -0.39 is 0 Å². The molecule has 0 aliphatic carbocycles. The van der Waals surface area contributed by atoms with E-state index in [2.05, 4.69) is 37.0 Å². The second kappa shape index (κ2) is 8.93. The minimum absolute atomic E-state index is 0.0861. The van der Waals surface area contributed by atoms with E-state index >= 15 is 0 Å². The van der Waals surface area contributed by atoms with Crippen LogP contribution in [-0.2, 0) is 11.3 Å². The molecule has 1 fully saturated rings. The fourth-order valence-corrected chi connectivity index (χ4v) is 3.75. The van der Waals surface area contributed by atoms with Gasteiger partial charge in [-0.1, -0.05) is 11.8 Å². The zero-order valence-electron chi connectivity index (χ0n) is 15.9. The quantitative estimate of drug-likeness (QED) is 0.815. The zero-order chi connectivity index (χ0) is 19.2. The highest BCUT2D eigenvalue weighted by molar-refractivity contribution is 7.15. The summed E-state index contributed by atoms with van der Waals surface area (Å²) in [6.07, 6.45) is 7.52. The number of carbonyl (C=O) groups is 1. The molecule has 0 saturated carbocycles. The molecule has 3 rings (SSSR count). The van der Waals surface area contributed by atoms with Crippen LogP contribution in [0.2, 0.25) is 0 Å². The van der Waals surface area contributed by atoms with Crippen molar-refractivity contribution >= 4 is 28.3 Å². The van der Waals surface area contributed by atoms with Gasteiger partial charge >= 0.3 is 0 Å². The SMILES string of the molecule is CC(=O)Nc1ncc(CN2CCC(C#Cc3cnc(N(C)C)nc3)CC2)s1. The molecule has 1 N–H and O–H groups in total. The molecule has 8 heteroatoms. The van der Waals surface area contributed by atoms with Crippen molar-refractivity contribution in [1.82, 2.24) is 19.9 Å². The lowest BCUT2D eigenvalue weighted by molar-refractivity contribution is -0.114. The minimum atomic E-state index is -0.0861. The van der Waals surface area contributed by atoms with Crippen molar-refractivity contribution in [1.29, 1.82) is 0 Å². The molecule has 0 bridgehead atoms.